The van der Waals surface area contributed by atoms with E-state index >= 15 is 0 Å². The lowest BCUT2D eigenvalue weighted by Crippen LogP contribution is -2.41. The summed E-state index contributed by atoms with van der Waals surface area (Å²) in [5.74, 6) is 1.49. The normalized spacial score (nSPS) is 29.2. The molecule has 0 aromatic carbocycles. The first-order valence-electron chi connectivity index (χ1n) is 6.60. The van der Waals surface area contributed by atoms with E-state index in [0.717, 1.165) is 31.8 Å². The molecule has 2 atom stereocenters. The minimum Gasteiger partial charge on any atom is -0.388 e. The van der Waals surface area contributed by atoms with Crippen molar-refractivity contribution >= 4 is 5.95 Å². The van der Waals surface area contributed by atoms with E-state index in [0.29, 0.717) is 12.5 Å². The fraction of sp³-hybridized carbons (Fsp3) is 0.769. The van der Waals surface area contributed by atoms with E-state index in [9.17, 15) is 5.11 Å². The number of hydrogen-bond acceptors (Lipinski definition) is 3. The zero-order valence-corrected chi connectivity index (χ0v) is 10.8. The molecule has 0 spiro atoms. The molecule has 1 heterocycles. The number of aryl methyl sites for hydroxylation is 1. The number of nitrogens with one attached hydrogen (secondary N) is 1. The van der Waals surface area contributed by atoms with Crippen LogP contribution in [0.25, 0.3) is 0 Å². The van der Waals surface area contributed by atoms with Gasteiger partial charge in [-0.3, -0.25) is 0 Å². The summed E-state index contributed by atoms with van der Waals surface area (Å²) in [7, 11) is 0. The lowest BCUT2D eigenvalue weighted by Gasteiger charge is -2.35. The van der Waals surface area contributed by atoms with Crippen LogP contribution in [0.1, 0.15) is 39.5 Å². The predicted molar refractivity (Wildman–Crippen MR) is 69.0 cm³/mol. The quantitative estimate of drug-likeness (QED) is 0.844. The molecule has 0 bridgehead atoms. The Bertz CT molecular complexity index is 363. The maximum atomic E-state index is 10.5. The summed E-state index contributed by atoms with van der Waals surface area (Å²) in [6.07, 6.45) is 7.91. The maximum Gasteiger partial charge on any atom is 0.202 e. The molecule has 4 heteroatoms. The Hall–Kier alpha value is -1.03. The van der Waals surface area contributed by atoms with Gasteiger partial charge in [-0.2, -0.15) is 0 Å². The molecule has 0 aliphatic heterocycles. The molecule has 1 aromatic rings. The van der Waals surface area contributed by atoms with Crippen LogP contribution in [0.3, 0.4) is 0 Å². The summed E-state index contributed by atoms with van der Waals surface area (Å²) in [5.41, 5.74) is -0.553. The van der Waals surface area contributed by atoms with Gasteiger partial charge in [0.15, 0.2) is 0 Å². The number of imidazole rings is 1. The van der Waals surface area contributed by atoms with Crippen molar-refractivity contribution in [3.8, 4) is 0 Å². The molecule has 1 aliphatic carbocycles. The highest BCUT2D eigenvalue weighted by molar-refractivity contribution is 5.26. The van der Waals surface area contributed by atoms with Crippen LogP contribution in [-0.4, -0.2) is 26.8 Å². The van der Waals surface area contributed by atoms with Crippen molar-refractivity contribution in [2.45, 2.75) is 51.7 Å². The highest BCUT2D eigenvalue weighted by atomic mass is 16.3. The van der Waals surface area contributed by atoms with E-state index in [-0.39, 0.29) is 0 Å². The SMILES string of the molecule is CCn1ccnc1NCC1(O)CCCC(C)C1. The summed E-state index contributed by atoms with van der Waals surface area (Å²) in [4.78, 5) is 4.26. The third-order valence-electron chi connectivity index (χ3n) is 3.70. The predicted octanol–water partition coefficient (Wildman–Crippen LogP) is 2.26. The van der Waals surface area contributed by atoms with Gasteiger partial charge >= 0.3 is 0 Å². The zero-order valence-electron chi connectivity index (χ0n) is 10.8. The first kappa shape index (κ1) is 12.4. The second-order valence-electron chi connectivity index (χ2n) is 5.32. The zero-order chi connectivity index (χ0) is 12.3. The van der Waals surface area contributed by atoms with Gasteiger partial charge in [-0.15, -0.1) is 0 Å². The van der Waals surface area contributed by atoms with Crippen LogP contribution < -0.4 is 5.32 Å². The Balaban J connectivity index is 1.93. The second kappa shape index (κ2) is 5.08. The fourth-order valence-corrected chi connectivity index (χ4v) is 2.77. The lowest BCUT2D eigenvalue weighted by molar-refractivity contribution is -0.000938. The fourth-order valence-electron chi connectivity index (χ4n) is 2.77. The summed E-state index contributed by atoms with van der Waals surface area (Å²) < 4.78 is 2.05. The van der Waals surface area contributed by atoms with Gasteiger partial charge in [0.2, 0.25) is 5.95 Å². The summed E-state index contributed by atoms with van der Waals surface area (Å²) >= 11 is 0. The Morgan fingerprint density at radius 1 is 1.65 bits per heavy atom. The molecule has 0 radical (unpaired) electrons. The van der Waals surface area contributed by atoms with E-state index < -0.39 is 5.60 Å². The second-order valence-corrected chi connectivity index (χ2v) is 5.32. The minimum atomic E-state index is -0.553. The summed E-state index contributed by atoms with van der Waals surface area (Å²) in [5, 5.41) is 13.8. The molecule has 1 aromatic heterocycles. The summed E-state index contributed by atoms with van der Waals surface area (Å²) in [6.45, 7) is 5.81. The Morgan fingerprint density at radius 3 is 3.18 bits per heavy atom. The third-order valence-corrected chi connectivity index (χ3v) is 3.70. The Kier molecular flexibility index (Phi) is 3.72. The first-order chi connectivity index (χ1) is 8.13. The molecule has 2 unspecified atom stereocenters. The van der Waals surface area contributed by atoms with Crippen molar-refractivity contribution in [2.75, 3.05) is 11.9 Å². The van der Waals surface area contributed by atoms with E-state index in [1.165, 1.54) is 6.42 Å². The molecular weight excluding hydrogens is 214 g/mol. The number of nitrogens with zero attached hydrogens (tertiary/aromatic N) is 2. The van der Waals surface area contributed by atoms with Crippen molar-refractivity contribution in [1.29, 1.82) is 0 Å². The van der Waals surface area contributed by atoms with Gasteiger partial charge in [-0.05, 0) is 25.7 Å². The number of hydrogen-bond donors (Lipinski definition) is 2. The average Bonchev–Trinajstić information content (AvgIpc) is 2.73. The molecule has 17 heavy (non-hydrogen) atoms. The smallest absolute Gasteiger partial charge is 0.202 e. The number of aliphatic hydroxyl groups is 1. The third kappa shape index (κ3) is 3.00. The van der Waals surface area contributed by atoms with Gasteiger partial charge in [-0.25, -0.2) is 4.98 Å². The molecule has 4 nitrogen and oxygen atoms in total. The van der Waals surface area contributed by atoms with E-state index in [1.807, 2.05) is 6.20 Å². The molecule has 0 amide bonds. The van der Waals surface area contributed by atoms with Gasteiger partial charge in [0, 0.05) is 25.5 Å². The molecule has 0 saturated heterocycles. The topological polar surface area (TPSA) is 50.1 Å². The van der Waals surface area contributed by atoms with Crippen molar-refractivity contribution in [2.24, 2.45) is 5.92 Å². The van der Waals surface area contributed by atoms with E-state index in [4.69, 9.17) is 0 Å². The van der Waals surface area contributed by atoms with Crippen LogP contribution in [0.4, 0.5) is 5.95 Å². The van der Waals surface area contributed by atoms with Gasteiger partial charge < -0.3 is 15.0 Å². The highest BCUT2D eigenvalue weighted by Crippen LogP contribution is 2.32. The minimum absolute atomic E-state index is 0.553. The van der Waals surface area contributed by atoms with Gasteiger partial charge in [0.25, 0.3) is 0 Å². The highest BCUT2D eigenvalue weighted by Gasteiger charge is 2.32. The maximum absolute atomic E-state index is 10.5. The lowest BCUT2D eigenvalue weighted by atomic mass is 9.79. The number of aromatic nitrogens is 2. The molecule has 1 saturated carbocycles. The Labute approximate surface area is 103 Å². The van der Waals surface area contributed by atoms with Crippen LogP contribution in [0.5, 0.6) is 0 Å². The van der Waals surface area contributed by atoms with Crippen LogP contribution >= 0.6 is 0 Å². The molecule has 96 valence electrons. The molecule has 1 aliphatic rings. The van der Waals surface area contributed by atoms with Crippen molar-refractivity contribution < 1.29 is 5.11 Å². The van der Waals surface area contributed by atoms with Gasteiger partial charge in [0.05, 0.1) is 5.60 Å². The number of rotatable bonds is 4. The molecule has 2 rings (SSSR count). The van der Waals surface area contributed by atoms with Gasteiger partial charge in [-0.1, -0.05) is 19.8 Å². The van der Waals surface area contributed by atoms with E-state index in [1.54, 1.807) is 6.20 Å². The molecule has 2 N–H and O–H groups in total. The molecular formula is C13H23N3O. The summed E-state index contributed by atoms with van der Waals surface area (Å²) in [6, 6.07) is 0. The molecule has 1 fully saturated rings. The first-order valence-corrected chi connectivity index (χ1v) is 6.60. The Morgan fingerprint density at radius 2 is 2.47 bits per heavy atom. The average molecular weight is 237 g/mol. The monoisotopic (exact) mass is 237 g/mol. The standard InChI is InChI=1S/C13H23N3O/c1-3-16-8-7-14-12(16)15-10-13(17)6-4-5-11(2)9-13/h7-8,11,17H,3-6,9-10H2,1-2H3,(H,14,15). The number of anilines is 1. The van der Waals surface area contributed by atoms with Crippen LogP contribution in [0.15, 0.2) is 12.4 Å². The van der Waals surface area contributed by atoms with Crippen LogP contribution in [-0.2, 0) is 6.54 Å². The largest absolute Gasteiger partial charge is 0.388 e. The van der Waals surface area contributed by atoms with Crippen molar-refractivity contribution in [3.05, 3.63) is 12.4 Å². The van der Waals surface area contributed by atoms with Crippen molar-refractivity contribution in [3.63, 3.8) is 0 Å². The van der Waals surface area contributed by atoms with E-state index in [2.05, 4.69) is 28.7 Å². The van der Waals surface area contributed by atoms with Crippen molar-refractivity contribution in [1.82, 2.24) is 9.55 Å². The van der Waals surface area contributed by atoms with Crippen LogP contribution in [0, 0.1) is 5.92 Å². The van der Waals surface area contributed by atoms with Crippen LogP contribution in [0.2, 0.25) is 0 Å². The van der Waals surface area contributed by atoms with Gasteiger partial charge in [0.1, 0.15) is 0 Å².